The summed E-state index contributed by atoms with van der Waals surface area (Å²) in [6.45, 7) is 0.354. The summed E-state index contributed by atoms with van der Waals surface area (Å²) in [6, 6.07) is 0. The van der Waals surface area contributed by atoms with Crippen LogP contribution < -0.4 is 11.4 Å². The fourth-order valence-electron chi connectivity index (χ4n) is 1.50. The molecule has 1 aromatic heterocycles. The van der Waals surface area contributed by atoms with E-state index < -0.39 is 0 Å². The molecule has 3 N–H and O–H groups in total. The molecule has 0 saturated heterocycles. The number of nitrogens with two attached hydrogens (primary N) is 1. The Bertz CT molecular complexity index is 354. The Labute approximate surface area is 79.9 Å². The molecular formula is C8H11N3OS. The van der Waals surface area contributed by atoms with E-state index in [1.807, 2.05) is 11.8 Å². The van der Waals surface area contributed by atoms with Gasteiger partial charge in [-0.15, -0.1) is 0 Å². The number of aryl methyl sites for hydroxylation is 1. The van der Waals surface area contributed by atoms with E-state index in [-0.39, 0.29) is 5.69 Å². The summed E-state index contributed by atoms with van der Waals surface area (Å²) in [7, 11) is 0. The van der Waals surface area contributed by atoms with Crippen LogP contribution in [0.5, 0.6) is 0 Å². The van der Waals surface area contributed by atoms with Gasteiger partial charge in [-0.1, -0.05) is 0 Å². The molecule has 0 amide bonds. The molecule has 70 valence electrons. The van der Waals surface area contributed by atoms with E-state index >= 15 is 0 Å². The summed E-state index contributed by atoms with van der Waals surface area (Å²) in [4.78, 5) is 17.7. The van der Waals surface area contributed by atoms with E-state index in [4.69, 9.17) is 5.73 Å². The molecule has 0 aromatic carbocycles. The Kier molecular flexibility index (Phi) is 2.37. The normalized spacial score (nSPS) is 15.5. The molecular weight excluding hydrogens is 186 g/mol. The first-order valence-electron chi connectivity index (χ1n) is 4.20. The number of thioether (sulfide) groups is 1. The lowest BCUT2D eigenvalue weighted by atomic mass is 10.1. The predicted octanol–water partition coefficient (Wildman–Crippen LogP) is 0.0179. The second-order valence-corrected chi connectivity index (χ2v) is 4.06. The topological polar surface area (TPSA) is 71.8 Å². The van der Waals surface area contributed by atoms with Crippen LogP contribution >= 0.6 is 11.8 Å². The van der Waals surface area contributed by atoms with Crippen molar-refractivity contribution in [3.05, 3.63) is 27.4 Å². The zero-order valence-electron chi connectivity index (χ0n) is 7.17. The molecule has 5 heteroatoms. The predicted molar refractivity (Wildman–Crippen MR) is 52.6 cm³/mol. The maximum absolute atomic E-state index is 11.1. The largest absolute Gasteiger partial charge is 0.345 e. The standard InChI is InChI=1S/C8H11N3OS/c9-3-7-5-4-13-2-1-6(5)10-8(12)11-7/h1-4,9H2,(H,10,11,12). The number of nitrogens with one attached hydrogen (secondary N) is 1. The number of rotatable bonds is 1. The van der Waals surface area contributed by atoms with Crippen LogP contribution in [0.2, 0.25) is 0 Å². The first-order chi connectivity index (χ1) is 6.31. The first kappa shape index (κ1) is 8.77. The van der Waals surface area contributed by atoms with Gasteiger partial charge < -0.3 is 10.7 Å². The number of aromatic amines is 1. The van der Waals surface area contributed by atoms with E-state index in [0.29, 0.717) is 6.54 Å². The van der Waals surface area contributed by atoms with Crippen LogP contribution in [0.3, 0.4) is 0 Å². The maximum atomic E-state index is 11.1. The molecule has 1 aromatic rings. The Morgan fingerprint density at radius 3 is 3.23 bits per heavy atom. The molecule has 0 unspecified atom stereocenters. The average molecular weight is 197 g/mol. The summed E-state index contributed by atoms with van der Waals surface area (Å²) < 4.78 is 0. The quantitative estimate of drug-likeness (QED) is 0.665. The van der Waals surface area contributed by atoms with Crippen molar-refractivity contribution < 1.29 is 0 Å². The summed E-state index contributed by atoms with van der Waals surface area (Å²) in [5, 5.41) is 0. The molecule has 0 fully saturated rings. The molecule has 4 nitrogen and oxygen atoms in total. The zero-order valence-corrected chi connectivity index (χ0v) is 7.99. The van der Waals surface area contributed by atoms with Crippen molar-refractivity contribution in [2.75, 3.05) is 5.75 Å². The summed E-state index contributed by atoms with van der Waals surface area (Å²) >= 11 is 1.86. The van der Waals surface area contributed by atoms with Crippen molar-refractivity contribution in [3.63, 3.8) is 0 Å². The van der Waals surface area contributed by atoms with E-state index in [0.717, 1.165) is 34.9 Å². The Morgan fingerprint density at radius 2 is 2.46 bits per heavy atom. The van der Waals surface area contributed by atoms with Crippen molar-refractivity contribution in [2.45, 2.75) is 18.7 Å². The monoisotopic (exact) mass is 197 g/mol. The highest BCUT2D eigenvalue weighted by Crippen LogP contribution is 2.23. The van der Waals surface area contributed by atoms with Gasteiger partial charge in [0.05, 0.1) is 5.69 Å². The summed E-state index contributed by atoms with van der Waals surface area (Å²) in [5.41, 5.74) is 8.17. The smallest absolute Gasteiger partial charge is 0.325 e. The van der Waals surface area contributed by atoms with Crippen LogP contribution in [0.25, 0.3) is 0 Å². The molecule has 0 saturated carbocycles. The molecule has 13 heavy (non-hydrogen) atoms. The average Bonchev–Trinajstić information content (AvgIpc) is 2.16. The molecule has 0 bridgehead atoms. The van der Waals surface area contributed by atoms with Crippen molar-refractivity contribution in [2.24, 2.45) is 5.73 Å². The van der Waals surface area contributed by atoms with Gasteiger partial charge in [-0.2, -0.15) is 16.7 Å². The summed E-state index contributed by atoms with van der Waals surface area (Å²) in [6.07, 6.45) is 0.921. The second kappa shape index (κ2) is 3.51. The molecule has 0 atom stereocenters. The van der Waals surface area contributed by atoms with E-state index in [1.165, 1.54) is 0 Å². The van der Waals surface area contributed by atoms with Gasteiger partial charge in [0.15, 0.2) is 0 Å². The Hall–Kier alpha value is -0.810. The fourth-order valence-corrected chi connectivity index (χ4v) is 2.54. The number of hydrogen-bond donors (Lipinski definition) is 2. The first-order valence-corrected chi connectivity index (χ1v) is 5.35. The van der Waals surface area contributed by atoms with Crippen molar-refractivity contribution in [3.8, 4) is 0 Å². The van der Waals surface area contributed by atoms with Gasteiger partial charge in [0.1, 0.15) is 0 Å². The minimum absolute atomic E-state index is 0.272. The van der Waals surface area contributed by atoms with E-state index in [1.54, 1.807) is 0 Å². The highest BCUT2D eigenvalue weighted by Gasteiger charge is 2.14. The van der Waals surface area contributed by atoms with Crippen molar-refractivity contribution in [1.29, 1.82) is 0 Å². The lowest BCUT2D eigenvalue weighted by molar-refractivity contribution is 0.849. The van der Waals surface area contributed by atoms with Crippen LogP contribution in [-0.2, 0) is 18.7 Å². The van der Waals surface area contributed by atoms with Crippen LogP contribution in [0, 0.1) is 0 Å². The molecule has 1 aliphatic rings. The van der Waals surface area contributed by atoms with Crippen molar-refractivity contribution in [1.82, 2.24) is 9.97 Å². The van der Waals surface area contributed by atoms with Crippen LogP contribution in [-0.4, -0.2) is 15.7 Å². The van der Waals surface area contributed by atoms with Gasteiger partial charge in [0, 0.05) is 23.6 Å². The number of hydrogen-bond acceptors (Lipinski definition) is 4. The maximum Gasteiger partial charge on any atom is 0.345 e. The molecule has 0 aliphatic carbocycles. The number of aromatic nitrogens is 2. The van der Waals surface area contributed by atoms with E-state index in [2.05, 4.69) is 9.97 Å². The zero-order chi connectivity index (χ0) is 9.26. The van der Waals surface area contributed by atoms with Gasteiger partial charge in [0.25, 0.3) is 0 Å². The van der Waals surface area contributed by atoms with Crippen molar-refractivity contribution >= 4 is 11.8 Å². The SMILES string of the molecule is NCc1nc(=O)[nH]c2c1CSCC2. The van der Waals surface area contributed by atoms with Gasteiger partial charge in [0.2, 0.25) is 0 Å². The van der Waals surface area contributed by atoms with Gasteiger partial charge in [-0.3, -0.25) is 0 Å². The van der Waals surface area contributed by atoms with Gasteiger partial charge in [-0.05, 0) is 12.2 Å². The molecule has 0 radical (unpaired) electrons. The van der Waals surface area contributed by atoms with E-state index in [9.17, 15) is 4.79 Å². The lowest BCUT2D eigenvalue weighted by Crippen LogP contribution is -2.22. The lowest BCUT2D eigenvalue weighted by Gasteiger charge is -2.16. The third kappa shape index (κ3) is 1.62. The molecule has 0 spiro atoms. The highest BCUT2D eigenvalue weighted by atomic mass is 32.2. The van der Waals surface area contributed by atoms with Gasteiger partial charge >= 0.3 is 5.69 Å². The summed E-state index contributed by atoms with van der Waals surface area (Å²) in [5.74, 6) is 1.99. The second-order valence-electron chi connectivity index (χ2n) is 2.95. The van der Waals surface area contributed by atoms with Gasteiger partial charge in [-0.25, -0.2) is 4.79 Å². The van der Waals surface area contributed by atoms with Crippen LogP contribution in [0.4, 0.5) is 0 Å². The minimum atomic E-state index is -0.272. The number of fused-ring (bicyclic) bond motifs is 1. The Morgan fingerprint density at radius 1 is 1.62 bits per heavy atom. The number of nitrogens with zero attached hydrogens (tertiary/aromatic N) is 1. The molecule has 2 rings (SSSR count). The minimum Gasteiger partial charge on any atom is -0.325 e. The molecule has 2 heterocycles. The van der Waals surface area contributed by atoms with Crippen LogP contribution in [0.1, 0.15) is 17.0 Å². The number of H-pyrrole nitrogens is 1. The van der Waals surface area contributed by atoms with Crippen LogP contribution in [0.15, 0.2) is 4.79 Å². The Balaban J connectivity index is 2.57. The molecule has 1 aliphatic heterocycles. The third-order valence-corrected chi connectivity index (χ3v) is 3.13. The third-order valence-electron chi connectivity index (χ3n) is 2.14. The fraction of sp³-hybridized carbons (Fsp3) is 0.500. The highest BCUT2D eigenvalue weighted by molar-refractivity contribution is 7.98.